The van der Waals surface area contributed by atoms with Crippen LogP contribution < -0.4 is 37.9 Å². The Labute approximate surface area is 416 Å². The Bertz CT molecular complexity index is 2460. The number of para-hydroxylation sites is 2. The molecule has 70 heavy (non-hydrogen) atoms. The number of aromatic nitrogens is 2. The third-order valence-corrected chi connectivity index (χ3v) is 14.4. The van der Waals surface area contributed by atoms with Crippen LogP contribution in [-0.4, -0.2) is 167 Å². The molecule has 2 aromatic carbocycles. The Morgan fingerprint density at radius 2 is 1.27 bits per heavy atom. The van der Waals surface area contributed by atoms with Gasteiger partial charge in [0.25, 0.3) is 0 Å². The zero-order valence-corrected chi connectivity index (χ0v) is 41.7. The van der Waals surface area contributed by atoms with E-state index in [2.05, 4.69) is 42.1 Å². The van der Waals surface area contributed by atoms with Gasteiger partial charge in [-0.05, 0) is 101 Å². The van der Waals surface area contributed by atoms with E-state index in [9.17, 15) is 38.4 Å². The van der Waals surface area contributed by atoms with Crippen LogP contribution in [0.1, 0.15) is 56.1 Å². The molecule has 4 aromatic rings. The van der Waals surface area contributed by atoms with E-state index in [-0.39, 0.29) is 50.4 Å². The number of hydrogen-bond donors (Lipinski definition) is 9. The summed E-state index contributed by atoms with van der Waals surface area (Å²) in [6.45, 7) is 0.693. The zero-order valence-electron chi connectivity index (χ0n) is 40.1. The van der Waals surface area contributed by atoms with Crippen molar-refractivity contribution in [1.82, 2.24) is 51.9 Å². The van der Waals surface area contributed by atoms with Gasteiger partial charge in [0.1, 0.15) is 30.5 Å². The maximum absolute atomic E-state index is 14.8. The molecule has 0 bridgehead atoms. The van der Waals surface area contributed by atoms with Crippen molar-refractivity contribution < 1.29 is 38.4 Å². The second-order valence-electron chi connectivity index (χ2n) is 17.7. The van der Waals surface area contributed by atoms with Crippen LogP contribution in [0.2, 0.25) is 0 Å². The highest BCUT2D eigenvalue weighted by Crippen LogP contribution is 2.25. The van der Waals surface area contributed by atoms with E-state index in [1.54, 1.807) is 30.6 Å². The quantitative estimate of drug-likeness (QED) is 0.0167. The second kappa shape index (κ2) is 26.6. The molecule has 1 unspecified atom stereocenters. The number of thioether (sulfide) groups is 2. The van der Waals surface area contributed by atoms with Gasteiger partial charge in [0.05, 0.1) is 24.7 Å². The number of aromatic amines is 2. The third kappa shape index (κ3) is 13.4. The third-order valence-electron chi connectivity index (χ3n) is 13.0. The Morgan fingerprint density at radius 1 is 0.714 bits per heavy atom. The van der Waals surface area contributed by atoms with Crippen LogP contribution in [0.3, 0.4) is 0 Å². The van der Waals surface area contributed by atoms with E-state index >= 15 is 0 Å². The minimum Gasteiger partial charge on any atom is -0.361 e. The van der Waals surface area contributed by atoms with Gasteiger partial charge in [-0.2, -0.15) is 23.5 Å². The molecule has 2 aliphatic heterocycles. The molecule has 378 valence electrons. The fraction of sp³-hybridized carbons (Fsp3) is 0.510. The lowest BCUT2D eigenvalue weighted by atomic mass is 9.95. The van der Waals surface area contributed by atoms with Gasteiger partial charge in [-0.1, -0.05) is 36.4 Å². The SMILES string of the molecule is CN[C@@H](CSC)C(=O)N1CCC[C@H]1C(=O)NC(Cc1c[nH]c2ccccc12)C(=O)N[C@@H](CCCCN)C(=O)N1CCC[C@H]1C(=O)C(=O)[C@H](Cc1c[nH]c2ccccc12)NN[C@@H](CSC)C(=O)NCC=O. The second-order valence-corrected chi connectivity index (χ2v) is 19.5. The number of nitrogens with zero attached hydrogens (tertiary/aromatic N) is 2. The summed E-state index contributed by atoms with van der Waals surface area (Å²) < 4.78 is 0. The van der Waals surface area contributed by atoms with Gasteiger partial charge in [-0.15, -0.1) is 0 Å². The van der Waals surface area contributed by atoms with Crippen LogP contribution in [0.15, 0.2) is 60.9 Å². The molecule has 7 atom stereocenters. The highest BCUT2D eigenvalue weighted by Gasteiger charge is 2.43. The molecule has 0 aliphatic carbocycles. The van der Waals surface area contributed by atoms with Gasteiger partial charge in [-0.3, -0.25) is 33.6 Å². The number of unbranched alkanes of at least 4 members (excludes halogenated alkanes) is 1. The average Bonchev–Trinajstić information content (AvgIpc) is 4.22. The standard InChI is InChI=1S/C49H67N11O8S2/c1-51-40(29-70-3)49(68)60-22-11-18-42(60)47(66)56-38(25-31-27-54-35-15-7-5-13-33(31)35)46(65)55-36(16-8-9-19-50)48(67)59-21-10-17-41(59)44(63)43(62)37(24-30-26-53-34-14-6-4-12-32(30)34)57-58-39(28-69-2)45(64)52-20-23-61/h4-7,12-15,23,26-27,36-42,51,53-54,57-58H,8-11,16-22,24-25,28-29,50H2,1-3H3,(H,52,64)(H,55,65)(H,56,66)/t36-,37-,38?,39-,40-,41-,42-/m0/s1. The lowest BCUT2D eigenvalue weighted by molar-refractivity contribution is -0.146. The van der Waals surface area contributed by atoms with Crippen molar-refractivity contribution in [2.45, 2.75) is 100 Å². The number of ketones is 2. The van der Waals surface area contributed by atoms with Gasteiger partial charge < -0.3 is 51.6 Å². The normalized spacial score (nSPS) is 18.0. The van der Waals surface area contributed by atoms with Crippen LogP contribution >= 0.6 is 23.5 Å². The Morgan fingerprint density at radius 3 is 1.87 bits per heavy atom. The van der Waals surface area contributed by atoms with Crippen molar-refractivity contribution in [3.05, 3.63) is 72.1 Å². The van der Waals surface area contributed by atoms with E-state index < -0.39 is 77.5 Å². The molecule has 19 nitrogen and oxygen atoms in total. The fourth-order valence-electron chi connectivity index (χ4n) is 9.35. The summed E-state index contributed by atoms with van der Waals surface area (Å²) in [6, 6.07) is 8.30. The van der Waals surface area contributed by atoms with Crippen molar-refractivity contribution in [2.24, 2.45) is 5.73 Å². The first-order chi connectivity index (χ1) is 33.9. The molecule has 5 amide bonds. The average molecular weight is 1000 g/mol. The molecule has 4 heterocycles. The predicted molar refractivity (Wildman–Crippen MR) is 273 cm³/mol. The fourth-order valence-corrected chi connectivity index (χ4v) is 10.6. The molecule has 0 spiro atoms. The number of amides is 5. The molecule has 2 aromatic heterocycles. The van der Waals surface area contributed by atoms with E-state index in [0.717, 1.165) is 32.9 Å². The van der Waals surface area contributed by atoms with Crippen molar-refractivity contribution in [3.8, 4) is 0 Å². The molecule has 2 saturated heterocycles. The molecule has 10 N–H and O–H groups in total. The largest absolute Gasteiger partial charge is 0.361 e. The number of likely N-dealkylation sites (tertiary alicyclic amines) is 2. The maximum atomic E-state index is 14.8. The molecule has 21 heteroatoms. The first-order valence-corrected chi connectivity index (χ1v) is 26.7. The summed E-state index contributed by atoms with van der Waals surface area (Å²) in [4.78, 5) is 120. The first-order valence-electron chi connectivity index (χ1n) is 23.9. The number of likely N-dealkylation sites (N-methyl/N-ethyl adjacent to an activating group) is 1. The van der Waals surface area contributed by atoms with Crippen LogP contribution in [0, 0.1) is 0 Å². The smallest absolute Gasteiger partial charge is 0.245 e. The number of nitrogens with two attached hydrogens (primary N) is 1. The van der Waals surface area contributed by atoms with Gasteiger partial charge in [0.15, 0.2) is 0 Å². The summed E-state index contributed by atoms with van der Waals surface area (Å²) in [6.07, 6.45) is 10.8. The van der Waals surface area contributed by atoms with Crippen molar-refractivity contribution in [1.29, 1.82) is 0 Å². The summed E-state index contributed by atoms with van der Waals surface area (Å²) >= 11 is 2.89. The lowest BCUT2D eigenvalue weighted by Gasteiger charge is -2.31. The van der Waals surface area contributed by atoms with E-state index in [1.807, 2.05) is 54.8 Å². The molecular weight excluding hydrogens is 935 g/mol. The molecule has 0 radical (unpaired) electrons. The number of nitrogens with one attached hydrogen (secondary N) is 8. The summed E-state index contributed by atoms with van der Waals surface area (Å²) in [7, 11) is 1.71. The van der Waals surface area contributed by atoms with Crippen LogP contribution in [-0.2, 0) is 51.2 Å². The maximum Gasteiger partial charge on any atom is 0.245 e. The van der Waals surface area contributed by atoms with E-state index in [4.69, 9.17) is 5.73 Å². The van der Waals surface area contributed by atoms with E-state index in [0.29, 0.717) is 57.2 Å². The van der Waals surface area contributed by atoms with Crippen LogP contribution in [0.5, 0.6) is 0 Å². The molecule has 0 saturated carbocycles. The summed E-state index contributed by atoms with van der Waals surface area (Å²) in [5.74, 6) is -3.13. The number of hydrogen-bond acceptors (Lipinski definition) is 14. The number of fused-ring (bicyclic) bond motifs is 2. The number of carbonyl (C=O) groups excluding carboxylic acids is 8. The number of benzene rings is 2. The number of hydrazine groups is 1. The molecule has 6 rings (SSSR count). The summed E-state index contributed by atoms with van der Waals surface area (Å²) in [5.41, 5.74) is 14.9. The van der Waals surface area contributed by atoms with Crippen molar-refractivity contribution in [2.75, 3.05) is 57.2 Å². The number of H-pyrrole nitrogens is 2. The minimum absolute atomic E-state index is 0.0478. The molecular formula is C49H67N11O8S2. The first kappa shape index (κ1) is 53.8. The van der Waals surface area contributed by atoms with Gasteiger partial charge >= 0.3 is 0 Å². The molecule has 2 fully saturated rings. The summed E-state index contributed by atoms with van der Waals surface area (Å²) in [5, 5.41) is 13.2. The highest BCUT2D eigenvalue weighted by molar-refractivity contribution is 7.98. The van der Waals surface area contributed by atoms with Gasteiger partial charge in [0.2, 0.25) is 41.1 Å². The topological polar surface area (TPSA) is 273 Å². The number of aldehydes is 1. The minimum atomic E-state index is -1.18. The highest BCUT2D eigenvalue weighted by atomic mass is 32.2. The van der Waals surface area contributed by atoms with Gasteiger partial charge in [-0.25, -0.2) is 10.9 Å². The Hall–Kier alpha value is -5.58. The molecule has 2 aliphatic rings. The zero-order chi connectivity index (χ0) is 50.2. The lowest BCUT2D eigenvalue weighted by Crippen LogP contribution is -2.60. The number of rotatable bonds is 28. The Balaban J connectivity index is 1.24. The van der Waals surface area contributed by atoms with Crippen molar-refractivity contribution >= 4 is 92.7 Å². The van der Waals surface area contributed by atoms with E-state index in [1.165, 1.54) is 28.4 Å². The predicted octanol–water partition coefficient (Wildman–Crippen LogP) is 1.11. The number of carbonyl (C=O) groups is 8. The van der Waals surface area contributed by atoms with Crippen LogP contribution in [0.25, 0.3) is 21.8 Å². The van der Waals surface area contributed by atoms with Crippen molar-refractivity contribution in [3.63, 3.8) is 0 Å². The monoisotopic (exact) mass is 1000 g/mol. The Kier molecular flexibility index (Phi) is 20.4. The number of Topliss-reactive ketones (excluding diaryl/α,β-unsaturated/α-hetero) is 2. The van der Waals surface area contributed by atoms with Crippen LogP contribution in [0.4, 0.5) is 0 Å². The van der Waals surface area contributed by atoms with Gasteiger partial charge in [0, 0.05) is 65.2 Å².